The van der Waals surface area contributed by atoms with E-state index in [1.165, 1.54) is 36.4 Å². The number of halogens is 3. The quantitative estimate of drug-likeness (QED) is 0.310. The Bertz CT molecular complexity index is 1290. The highest BCUT2D eigenvalue weighted by Crippen LogP contribution is 2.40. The molecule has 0 atom stereocenters. The molecule has 3 aromatic rings. The van der Waals surface area contributed by atoms with E-state index in [4.69, 9.17) is 32.7 Å². The Morgan fingerprint density at radius 1 is 0.912 bits per heavy atom. The second-order valence-electron chi connectivity index (χ2n) is 7.42. The van der Waals surface area contributed by atoms with Gasteiger partial charge in [-0.2, -0.15) is 0 Å². The van der Waals surface area contributed by atoms with Gasteiger partial charge in [0, 0.05) is 0 Å². The summed E-state index contributed by atoms with van der Waals surface area (Å²) in [6, 6.07) is 13.3. The molecule has 0 bridgehead atoms. The first-order chi connectivity index (χ1) is 16.3. The summed E-state index contributed by atoms with van der Waals surface area (Å²) in [6.45, 7) is 2.02. The van der Waals surface area contributed by atoms with E-state index in [0.717, 1.165) is 4.90 Å². The molecule has 174 valence electrons. The fourth-order valence-electron chi connectivity index (χ4n) is 3.60. The smallest absolute Gasteiger partial charge is 0.310 e. The van der Waals surface area contributed by atoms with Crippen LogP contribution in [0.3, 0.4) is 0 Å². The summed E-state index contributed by atoms with van der Waals surface area (Å²) >= 11 is 12.6. The summed E-state index contributed by atoms with van der Waals surface area (Å²) in [5.41, 5.74) is 1.44. The lowest BCUT2D eigenvalue weighted by Crippen LogP contribution is -2.29. The first kappa shape index (κ1) is 23.7. The molecule has 0 spiro atoms. The summed E-state index contributed by atoms with van der Waals surface area (Å²) in [5.74, 6) is -1.91. The van der Waals surface area contributed by atoms with Gasteiger partial charge < -0.3 is 9.47 Å². The van der Waals surface area contributed by atoms with Crippen LogP contribution >= 0.6 is 23.2 Å². The van der Waals surface area contributed by atoms with Gasteiger partial charge in [-0.05, 0) is 54.4 Å². The number of hydrogen-bond acceptors (Lipinski definition) is 5. The predicted molar refractivity (Wildman–Crippen MR) is 125 cm³/mol. The number of esters is 1. The number of carbonyl (C=O) groups is 3. The van der Waals surface area contributed by atoms with Crippen molar-refractivity contribution in [2.45, 2.75) is 20.0 Å². The molecule has 0 saturated heterocycles. The molecule has 0 N–H and O–H groups in total. The van der Waals surface area contributed by atoms with Crippen molar-refractivity contribution < 1.29 is 28.2 Å². The minimum absolute atomic E-state index is 0.00314. The van der Waals surface area contributed by atoms with Gasteiger partial charge in [0.05, 0.1) is 39.9 Å². The molecule has 0 fully saturated rings. The van der Waals surface area contributed by atoms with Crippen LogP contribution in [0.1, 0.15) is 38.8 Å². The Hall–Kier alpha value is -3.42. The van der Waals surface area contributed by atoms with Crippen LogP contribution in [0, 0.1) is 5.82 Å². The van der Waals surface area contributed by atoms with Crippen molar-refractivity contribution >= 4 is 46.7 Å². The van der Waals surface area contributed by atoms with Gasteiger partial charge in [0.1, 0.15) is 18.2 Å². The average molecular weight is 502 g/mol. The Labute approximate surface area is 204 Å². The average Bonchev–Trinajstić information content (AvgIpc) is 3.06. The highest BCUT2D eigenvalue weighted by Gasteiger charge is 2.42. The van der Waals surface area contributed by atoms with E-state index < -0.39 is 17.8 Å². The van der Waals surface area contributed by atoms with E-state index in [2.05, 4.69) is 0 Å². The number of nitrogens with zero attached hydrogens (tertiary/aromatic N) is 1. The zero-order chi connectivity index (χ0) is 24.4. The van der Waals surface area contributed by atoms with E-state index in [1.807, 2.05) is 0 Å². The summed E-state index contributed by atoms with van der Waals surface area (Å²) in [5, 5.41) is 0.209. The highest BCUT2D eigenvalue weighted by atomic mass is 35.5. The van der Waals surface area contributed by atoms with E-state index in [0.29, 0.717) is 11.1 Å². The molecule has 1 aliphatic heterocycles. The van der Waals surface area contributed by atoms with Gasteiger partial charge in [0.15, 0.2) is 0 Å². The third-order valence-corrected chi connectivity index (χ3v) is 5.78. The monoisotopic (exact) mass is 501 g/mol. The number of ether oxygens (including phenoxy) is 2. The third-order valence-electron chi connectivity index (χ3n) is 5.16. The molecule has 1 heterocycles. The highest BCUT2D eigenvalue weighted by molar-refractivity contribution is 6.44. The lowest BCUT2D eigenvalue weighted by Gasteiger charge is -2.16. The van der Waals surface area contributed by atoms with Crippen molar-refractivity contribution in [2.75, 3.05) is 11.5 Å². The van der Waals surface area contributed by atoms with Crippen LogP contribution < -0.4 is 9.64 Å². The van der Waals surface area contributed by atoms with Crippen LogP contribution in [0.25, 0.3) is 0 Å². The lowest BCUT2D eigenvalue weighted by molar-refractivity contribution is -0.142. The first-order valence-electron chi connectivity index (χ1n) is 10.3. The van der Waals surface area contributed by atoms with Crippen LogP contribution in [-0.4, -0.2) is 24.4 Å². The van der Waals surface area contributed by atoms with Gasteiger partial charge in [-0.1, -0.05) is 41.4 Å². The summed E-state index contributed by atoms with van der Waals surface area (Å²) in [4.78, 5) is 39.2. The van der Waals surface area contributed by atoms with Crippen molar-refractivity contribution in [3.8, 4) is 5.75 Å². The molecule has 3 aromatic carbocycles. The van der Waals surface area contributed by atoms with Gasteiger partial charge >= 0.3 is 5.97 Å². The molecular formula is C25H18Cl2FNO5. The molecule has 2 amide bonds. The molecule has 9 heteroatoms. The van der Waals surface area contributed by atoms with E-state index in [1.54, 1.807) is 25.1 Å². The van der Waals surface area contributed by atoms with Gasteiger partial charge in [-0.3, -0.25) is 14.4 Å². The lowest BCUT2D eigenvalue weighted by atomic mass is 10.1. The number of carbonyl (C=O) groups excluding carboxylic acids is 3. The maximum Gasteiger partial charge on any atom is 0.310 e. The summed E-state index contributed by atoms with van der Waals surface area (Å²) < 4.78 is 23.9. The Morgan fingerprint density at radius 3 is 2.26 bits per heavy atom. The Kier molecular flexibility index (Phi) is 6.86. The Morgan fingerprint density at radius 2 is 1.59 bits per heavy atom. The summed E-state index contributed by atoms with van der Waals surface area (Å²) in [7, 11) is 0. The number of imide groups is 1. The molecule has 0 saturated carbocycles. The van der Waals surface area contributed by atoms with Gasteiger partial charge in [0.25, 0.3) is 11.8 Å². The molecule has 0 unspecified atom stereocenters. The normalized spacial score (nSPS) is 12.6. The SMILES string of the molecule is CCOC(=O)Cc1ccc(N2C(=O)c3c(Cl)ccc(OCc4ccc(F)cc4)c3C2=O)c(Cl)c1. The van der Waals surface area contributed by atoms with Crippen molar-refractivity contribution in [1.29, 1.82) is 0 Å². The minimum Gasteiger partial charge on any atom is -0.488 e. The van der Waals surface area contributed by atoms with Crippen molar-refractivity contribution in [1.82, 2.24) is 0 Å². The number of fused-ring (bicyclic) bond motifs is 1. The fourth-order valence-corrected chi connectivity index (χ4v) is 4.12. The molecule has 1 aliphatic rings. The van der Waals surface area contributed by atoms with E-state index in [-0.39, 0.29) is 58.1 Å². The first-order valence-corrected chi connectivity index (χ1v) is 11.1. The second-order valence-corrected chi connectivity index (χ2v) is 8.24. The minimum atomic E-state index is -0.642. The zero-order valence-electron chi connectivity index (χ0n) is 17.9. The van der Waals surface area contributed by atoms with Crippen molar-refractivity contribution in [3.63, 3.8) is 0 Å². The maximum atomic E-state index is 13.3. The third kappa shape index (κ3) is 4.62. The number of hydrogen-bond donors (Lipinski definition) is 0. The molecule has 0 aliphatic carbocycles. The van der Waals surface area contributed by atoms with Crippen molar-refractivity contribution in [3.05, 3.63) is 92.7 Å². The largest absolute Gasteiger partial charge is 0.488 e. The van der Waals surface area contributed by atoms with Crippen molar-refractivity contribution in [2.24, 2.45) is 0 Å². The van der Waals surface area contributed by atoms with Crippen LogP contribution in [0.15, 0.2) is 54.6 Å². The van der Waals surface area contributed by atoms with E-state index in [9.17, 15) is 18.8 Å². The fraction of sp³-hybridized carbons (Fsp3) is 0.160. The number of anilines is 1. The predicted octanol–water partition coefficient (Wildman–Crippen LogP) is 5.62. The number of amides is 2. The number of rotatable bonds is 7. The summed E-state index contributed by atoms with van der Waals surface area (Å²) in [6.07, 6.45) is 0.00314. The van der Waals surface area contributed by atoms with Crippen LogP contribution in [0.4, 0.5) is 10.1 Å². The number of benzene rings is 3. The molecule has 4 rings (SSSR count). The molecule has 34 heavy (non-hydrogen) atoms. The maximum absolute atomic E-state index is 13.3. The second kappa shape index (κ2) is 9.83. The zero-order valence-corrected chi connectivity index (χ0v) is 19.5. The standard InChI is InChI=1S/C25H18Cl2FNO5/c1-2-33-21(30)12-15-5-9-19(18(27)11-15)29-24(31)22-17(26)8-10-20(23(22)25(29)32)34-13-14-3-6-16(28)7-4-14/h3-11H,2,12-13H2,1H3. The van der Waals surface area contributed by atoms with Crippen LogP contribution in [0.2, 0.25) is 10.0 Å². The molecule has 0 radical (unpaired) electrons. The van der Waals surface area contributed by atoms with Gasteiger partial charge in [0.2, 0.25) is 0 Å². The topological polar surface area (TPSA) is 72.9 Å². The molecule has 6 nitrogen and oxygen atoms in total. The van der Waals surface area contributed by atoms with E-state index >= 15 is 0 Å². The van der Waals surface area contributed by atoms with Crippen LogP contribution in [0.5, 0.6) is 5.75 Å². The molecule has 0 aromatic heterocycles. The van der Waals surface area contributed by atoms with Crippen LogP contribution in [-0.2, 0) is 22.6 Å². The van der Waals surface area contributed by atoms with Gasteiger partial charge in [-0.25, -0.2) is 9.29 Å². The Balaban J connectivity index is 1.62. The van der Waals surface area contributed by atoms with Gasteiger partial charge in [-0.15, -0.1) is 0 Å². The molecular weight excluding hydrogens is 484 g/mol.